The lowest BCUT2D eigenvalue weighted by Gasteiger charge is -2.38. The number of β-amino-alcohol motifs (C(OH)–C–C–N with tert-alkyl or cyclic N) is 1. The Hall–Kier alpha value is -1.50. The van der Waals surface area contributed by atoms with Gasteiger partial charge in [0, 0.05) is 40.2 Å². The van der Waals surface area contributed by atoms with Crippen molar-refractivity contribution in [2.45, 2.75) is 43.8 Å². The summed E-state index contributed by atoms with van der Waals surface area (Å²) < 4.78 is 11.8. The second-order valence-electron chi connectivity index (χ2n) is 8.08. The van der Waals surface area contributed by atoms with Crippen molar-refractivity contribution in [1.29, 1.82) is 0 Å². The molecule has 1 saturated heterocycles. The number of hydrogen-bond acceptors (Lipinski definition) is 5. The third-order valence-corrected chi connectivity index (χ3v) is 6.89. The highest BCUT2D eigenvalue weighted by Crippen LogP contribution is 2.46. The van der Waals surface area contributed by atoms with E-state index >= 15 is 0 Å². The van der Waals surface area contributed by atoms with Crippen molar-refractivity contribution in [1.82, 2.24) is 10.5 Å². The number of halogens is 3. The van der Waals surface area contributed by atoms with Crippen molar-refractivity contribution in [2.24, 2.45) is 0 Å². The van der Waals surface area contributed by atoms with E-state index in [1.54, 1.807) is 6.07 Å². The molecule has 0 amide bonds. The van der Waals surface area contributed by atoms with Crippen molar-refractivity contribution >= 4 is 40.4 Å². The van der Waals surface area contributed by atoms with Crippen LogP contribution in [-0.4, -0.2) is 23.4 Å². The number of ether oxygens (including phenoxy) is 1. The zero-order valence-electron chi connectivity index (χ0n) is 16.2. The monoisotopic (exact) mass is 466 g/mol. The number of rotatable bonds is 6. The first kappa shape index (κ1) is 20.4. The van der Waals surface area contributed by atoms with E-state index in [9.17, 15) is 5.11 Å². The molecule has 8 heteroatoms. The van der Waals surface area contributed by atoms with Gasteiger partial charge in [0.05, 0.1) is 10.6 Å². The van der Waals surface area contributed by atoms with Crippen LogP contribution in [-0.2, 0) is 12.2 Å². The van der Waals surface area contributed by atoms with Crippen LogP contribution in [0.15, 0.2) is 38.9 Å². The van der Waals surface area contributed by atoms with Gasteiger partial charge in [-0.2, -0.15) is 0 Å². The number of nitrogens with one attached hydrogen (secondary N) is 1. The summed E-state index contributed by atoms with van der Waals surface area (Å²) in [5, 5.41) is 19.7. The van der Waals surface area contributed by atoms with Gasteiger partial charge < -0.3 is 19.7 Å². The molecule has 2 fully saturated rings. The average molecular weight is 468 g/mol. The SMILES string of the molecule is OC1(c2ccc(OCc3c(C4=C(Cl)CCC=C4Cl)noc3C3CC3)cc2Cl)CNC1. The smallest absolute Gasteiger partial charge is 0.147 e. The highest BCUT2D eigenvalue weighted by molar-refractivity contribution is 6.42. The molecule has 0 atom stereocenters. The highest BCUT2D eigenvalue weighted by Gasteiger charge is 2.38. The maximum Gasteiger partial charge on any atom is 0.147 e. The van der Waals surface area contributed by atoms with Crippen LogP contribution in [0.1, 0.15) is 54.2 Å². The summed E-state index contributed by atoms with van der Waals surface area (Å²) in [5.74, 6) is 1.82. The fourth-order valence-corrected chi connectivity index (χ4v) is 4.93. The molecule has 5 nitrogen and oxygen atoms in total. The van der Waals surface area contributed by atoms with E-state index in [4.69, 9.17) is 44.1 Å². The lowest BCUT2D eigenvalue weighted by Crippen LogP contribution is -2.56. The number of aromatic nitrogens is 1. The molecule has 0 radical (unpaired) electrons. The van der Waals surface area contributed by atoms with E-state index < -0.39 is 5.60 Å². The second-order valence-corrected chi connectivity index (χ2v) is 9.36. The largest absolute Gasteiger partial charge is 0.489 e. The fraction of sp³-hybridized carbons (Fsp3) is 0.409. The summed E-state index contributed by atoms with van der Waals surface area (Å²) in [6.45, 7) is 1.25. The average Bonchev–Trinajstić information content (AvgIpc) is 3.45. The molecule has 1 aromatic carbocycles. The zero-order chi connectivity index (χ0) is 20.9. The van der Waals surface area contributed by atoms with Gasteiger partial charge in [0.25, 0.3) is 0 Å². The Bertz CT molecular complexity index is 1050. The Balaban J connectivity index is 1.42. The van der Waals surface area contributed by atoms with Gasteiger partial charge in [0.2, 0.25) is 0 Å². The van der Waals surface area contributed by atoms with E-state index in [-0.39, 0.29) is 6.61 Å². The maximum atomic E-state index is 10.5. The topological polar surface area (TPSA) is 67.5 Å². The van der Waals surface area contributed by atoms with E-state index in [0.717, 1.165) is 42.6 Å². The quantitative estimate of drug-likeness (QED) is 0.592. The summed E-state index contributed by atoms with van der Waals surface area (Å²) in [4.78, 5) is 0. The minimum atomic E-state index is -0.913. The van der Waals surface area contributed by atoms with Crippen molar-refractivity contribution in [3.8, 4) is 5.75 Å². The number of benzene rings is 1. The first-order valence-electron chi connectivity index (χ1n) is 10.1. The molecule has 2 N–H and O–H groups in total. The fourth-order valence-electron chi connectivity index (χ4n) is 3.92. The molecule has 0 bridgehead atoms. The first-order valence-corrected chi connectivity index (χ1v) is 11.2. The number of aliphatic hydroxyl groups is 1. The Morgan fingerprint density at radius 2 is 2.03 bits per heavy atom. The van der Waals surface area contributed by atoms with Crippen molar-refractivity contribution in [3.63, 3.8) is 0 Å². The summed E-state index contributed by atoms with van der Waals surface area (Å²) in [7, 11) is 0. The van der Waals surface area contributed by atoms with Gasteiger partial charge in [-0.25, -0.2) is 0 Å². The van der Waals surface area contributed by atoms with E-state index in [0.29, 0.717) is 51.1 Å². The second kappa shape index (κ2) is 7.88. The van der Waals surface area contributed by atoms with Gasteiger partial charge in [-0.3, -0.25) is 0 Å². The van der Waals surface area contributed by atoms with Crippen LogP contribution < -0.4 is 10.1 Å². The van der Waals surface area contributed by atoms with Gasteiger partial charge >= 0.3 is 0 Å². The predicted octanol–water partition coefficient (Wildman–Crippen LogP) is 5.44. The van der Waals surface area contributed by atoms with E-state index in [1.165, 1.54) is 0 Å². The standard InChI is InChI=1S/C22H21Cl3N2O3/c23-16-2-1-3-17(24)19(16)20-14(21(30-27-20)12-4-5-12)9-29-13-6-7-15(18(25)8-13)22(28)10-26-11-22/h2,6-8,12,26,28H,1,3-5,9-11H2. The Morgan fingerprint density at radius 1 is 1.23 bits per heavy atom. The number of allylic oxidation sites excluding steroid dienone is 4. The molecule has 30 heavy (non-hydrogen) atoms. The molecule has 3 aliphatic rings. The summed E-state index contributed by atoms with van der Waals surface area (Å²) in [5.41, 5.74) is 2.05. The van der Waals surface area contributed by atoms with Crippen LogP contribution in [0.4, 0.5) is 0 Å². The molecule has 0 spiro atoms. The van der Waals surface area contributed by atoms with Gasteiger partial charge in [-0.15, -0.1) is 0 Å². The molecule has 1 saturated carbocycles. The first-order chi connectivity index (χ1) is 14.5. The predicted molar refractivity (Wildman–Crippen MR) is 117 cm³/mol. The molecule has 1 aromatic heterocycles. The van der Waals surface area contributed by atoms with Crippen molar-refractivity contribution in [3.05, 3.63) is 61.9 Å². The highest BCUT2D eigenvalue weighted by atomic mass is 35.5. The van der Waals surface area contributed by atoms with Crippen LogP contribution in [0.2, 0.25) is 5.02 Å². The molecular weight excluding hydrogens is 447 g/mol. The number of nitrogens with zero attached hydrogens (tertiary/aromatic N) is 1. The van der Waals surface area contributed by atoms with E-state index in [1.807, 2.05) is 18.2 Å². The third kappa shape index (κ3) is 3.67. The van der Waals surface area contributed by atoms with Crippen molar-refractivity contribution < 1.29 is 14.4 Å². The minimum absolute atomic E-state index is 0.268. The summed E-state index contributed by atoms with van der Waals surface area (Å²) >= 11 is 19.4. The molecule has 2 heterocycles. The molecule has 158 valence electrons. The Kier molecular flexibility index (Phi) is 5.36. The van der Waals surface area contributed by atoms with Gasteiger partial charge in [-0.05, 0) is 37.8 Å². The van der Waals surface area contributed by atoms with E-state index in [2.05, 4.69) is 10.5 Å². The molecule has 2 aromatic rings. The Morgan fingerprint density at radius 3 is 2.67 bits per heavy atom. The van der Waals surface area contributed by atoms with Crippen LogP contribution in [0, 0.1) is 0 Å². The van der Waals surface area contributed by atoms with Crippen LogP contribution in [0.5, 0.6) is 5.75 Å². The minimum Gasteiger partial charge on any atom is -0.489 e. The van der Waals surface area contributed by atoms with Gasteiger partial charge in [0.1, 0.15) is 29.4 Å². The maximum absolute atomic E-state index is 10.5. The zero-order valence-corrected chi connectivity index (χ0v) is 18.4. The molecule has 1 aliphatic heterocycles. The van der Waals surface area contributed by atoms with Crippen LogP contribution >= 0.6 is 34.8 Å². The van der Waals surface area contributed by atoms with Gasteiger partial charge in [0.15, 0.2) is 0 Å². The molecule has 0 unspecified atom stereocenters. The van der Waals surface area contributed by atoms with Crippen LogP contribution in [0.3, 0.4) is 0 Å². The van der Waals surface area contributed by atoms with Gasteiger partial charge in [-0.1, -0.05) is 52.1 Å². The third-order valence-electron chi connectivity index (χ3n) is 5.86. The van der Waals surface area contributed by atoms with Crippen molar-refractivity contribution in [2.75, 3.05) is 13.1 Å². The molecule has 5 rings (SSSR count). The van der Waals surface area contributed by atoms with Crippen LogP contribution in [0.25, 0.3) is 5.57 Å². The normalized spacial score (nSPS) is 20.7. The summed E-state index contributed by atoms with van der Waals surface area (Å²) in [6.07, 6.45) is 5.65. The summed E-state index contributed by atoms with van der Waals surface area (Å²) in [6, 6.07) is 5.37. The molecular formula is C22H21Cl3N2O3. The lowest BCUT2D eigenvalue weighted by molar-refractivity contribution is -0.0145. The number of hydrogen-bond donors (Lipinski definition) is 2. The lowest BCUT2D eigenvalue weighted by atomic mass is 9.88. The molecule has 2 aliphatic carbocycles. The Labute approximate surface area is 189 Å².